The van der Waals surface area contributed by atoms with Crippen LogP contribution in [0.1, 0.15) is 29.8 Å². The summed E-state index contributed by atoms with van der Waals surface area (Å²) in [5, 5.41) is -0.298. The summed E-state index contributed by atoms with van der Waals surface area (Å²) in [7, 11) is 0. The first-order valence-corrected chi connectivity index (χ1v) is 9.00. The van der Waals surface area contributed by atoms with Crippen LogP contribution < -0.4 is 9.64 Å². The van der Waals surface area contributed by atoms with Crippen LogP contribution in [0.2, 0.25) is 0 Å². The number of anilines is 1. The molecule has 2 aromatic rings. The first-order valence-electron chi connectivity index (χ1n) is 8.12. The number of benzene rings is 2. The van der Waals surface area contributed by atoms with E-state index >= 15 is 0 Å². The molecule has 8 heteroatoms. The van der Waals surface area contributed by atoms with Gasteiger partial charge in [0.15, 0.2) is 5.78 Å². The van der Waals surface area contributed by atoms with Gasteiger partial charge in [0.2, 0.25) is 5.91 Å². The van der Waals surface area contributed by atoms with Gasteiger partial charge in [0.1, 0.15) is 5.75 Å². The van der Waals surface area contributed by atoms with Crippen LogP contribution >= 0.6 is 11.8 Å². The van der Waals surface area contributed by atoms with Gasteiger partial charge in [-0.05, 0) is 43.7 Å². The molecule has 0 radical (unpaired) electrons. The summed E-state index contributed by atoms with van der Waals surface area (Å²) in [5.74, 6) is -0.550. The molecule has 1 amide bonds. The van der Waals surface area contributed by atoms with Crippen molar-refractivity contribution >= 4 is 29.1 Å². The third-order valence-electron chi connectivity index (χ3n) is 4.07. The molecule has 1 heterocycles. The number of carbonyl (C=O) groups excluding carboxylic acids is 2. The molecule has 0 aromatic heterocycles. The highest BCUT2D eigenvalue weighted by atomic mass is 32.2. The number of rotatable bonds is 4. The number of fused-ring (bicyclic) bond motifs is 1. The van der Waals surface area contributed by atoms with E-state index in [1.54, 1.807) is 24.0 Å². The minimum absolute atomic E-state index is 0.109. The van der Waals surface area contributed by atoms with E-state index in [1.165, 1.54) is 43.0 Å². The molecule has 1 aliphatic rings. The first kappa shape index (κ1) is 19.3. The number of ether oxygens (including phenoxy) is 1. The Labute approximate surface area is 158 Å². The van der Waals surface area contributed by atoms with Gasteiger partial charge in [0, 0.05) is 10.5 Å². The Kier molecular flexibility index (Phi) is 5.19. The highest BCUT2D eigenvalue weighted by Gasteiger charge is 2.32. The van der Waals surface area contributed by atoms with Gasteiger partial charge in [-0.15, -0.1) is 24.9 Å². The highest BCUT2D eigenvalue weighted by molar-refractivity contribution is 8.00. The molecule has 0 N–H and O–H groups in total. The van der Waals surface area contributed by atoms with E-state index < -0.39 is 6.36 Å². The summed E-state index contributed by atoms with van der Waals surface area (Å²) in [6.07, 6.45) is -4.75. The number of hydrogen-bond acceptors (Lipinski definition) is 4. The van der Waals surface area contributed by atoms with Crippen molar-refractivity contribution in [2.45, 2.75) is 36.9 Å². The van der Waals surface area contributed by atoms with Crippen LogP contribution in [0.15, 0.2) is 47.4 Å². The second kappa shape index (κ2) is 7.26. The largest absolute Gasteiger partial charge is 0.573 e. The van der Waals surface area contributed by atoms with Crippen molar-refractivity contribution in [1.82, 2.24) is 0 Å². The molecular weight excluding hydrogens is 379 g/mol. The van der Waals surface area contributed by atoms with Crippen LogP contribution in [-0.2, 0) is 11.3 Å². The van der Waals surface area contributed by atoms with Gasteiger partial charge in [0.25, 0.3) is 0 Å². The number of thioether (sulfide) groups is 1. The predicted octanol–water partition coefficient (Wildman–Crippen LogP) is 4.82. The zero-order valence-corrected chi connectivity index (χ0v) is 15.4. The van der Waals surface area contributed by atoms with Gasteiger partial charge >= 0.3 is 6.36 Å². The molecule has 3 rings (SSSR count). The minimum Gasteiger partial charge on any atom is -0.406 e. The van der Waals surface area contributed by atoms with Crippen molar-refractivity contribution in [2.24, 2.45) is 0 Å². The van der Waals surface area contributed by atoms with Gasteiger partial charge < -0.3 is 9.64 Å². The van der Waals surface area contributed by atoms with E-state index in [-0.39, 0.29) is 29.2 Å². The highest BCUT2D eigenvalue weighted by Crippen LogP contribution is 2.40. The van der Waals surface area contributed by atoms with E-state index in [2.05, 4.69) is 4.74 Å². The fraction of sp³-hybridized carbons (Fsp3) is 0.263. The van der Waals surface area contributed by atoms with Crippen molar-refractivity contribution in [3.05, 3.63) is 53.6 Å². The Morgan fingerprint density at radius 2 is 1.85 bits per heavy atom. The van der Waals surface area contributed by atoms with Gasteiger partial charge in [0.05, 0.1) is 17.5 Å². The molecule has 1 atom stereocenters. The third-order valence-corrected chi connectivity index (χ3v) is 5.23. The Balaban J connectivity index is 1.89. The van der Waals surface area contributed by atoms with Crippen LogP contribution in [0, 0.1) is 0 Å². The number of carbonyl (C=O) groups is 2. The van der Waals surface area contributed by atoms with Crippen molar-refractivity contribution < 1.29 is 27.5 Å². The first-order chi connectivity index (χ1) is 12.6. The number of Topliss-reactive ketones (excluding diaryl/α,β-unsaturated/α-hetero) is 1. The van der Waals surface area contributed by atoms with Gasteiger partial charge in [-0.25, -0.2) is 0 Å². The average Bonchev–Trinajstić information content (AvgIpc) is 2.58. The molecule has 1 aliphatic heterocycles. The zero-order valence-electron chi connectivity index (χ0n) is 14.5. The molecule has 0 fully saturated rings. The Morgan fingerprint density at radius 3 is 2.44 bits per heavy atom. The summed E-state index contributed by atoms with van der Waals surface area (Å²) >= 11 is 1.42. The Hall–Kier alpha value is -2.48. The minimum atomic E-state index is -4.75. The van der Waals surface area contributed by atoms with Crippen LogP contribution in [0.4, 0.5) is 18.9 Å². The maximum atomic E-state index is 12.7. The molecule has 4 nitrogen and oxygen atoms in total. The fourth-order valence-corrected chi connectivity index (χ4v) is 3.81. The molecule has 0 bridgehead atoms. The average molecular weight is 395 g/mol. The molecule has 27 heavy (non-hydrogen) atoms. The molecular formula is C19H16F3NO3S. The van der Waals surface area contributed by atoms with Crippen molar-refractivity contribution in [3.63, 3.8) is 0 Å². The quantitative estimate of drug-likeness (QED) is 0.697. The van der Waals surface area contributed by atoms with Crippen molar-refractivity contribution in [1.29, 1.82) is 0 Å². The van der Waals surface area contributed by atoms with Gasteiger partial charge in [-0.1, -0.05) is 18.2 Å². The number of ketones is 1. The van der Waals surface area contributed by atoms with E-state index in [9.17, 15) is 22.8 Å². The molecule has 0 saturated carbocycles. The van der Waals surface area contributed by atoms with Crippen molar-refractivity contribution in [2.75, 3.05) is 4.90 Å². The van der Waals surface area contributed by atoms with Crippen LogP contribution in [0.3, 0.4) is 0 Å². The molecule has 0 aliphatic carbocycles. The monoisotopic (exact) mass is 395 g/mol. The summed E-state index contributed by atoms with van der Waals surface area (Å²) in [6, 6.07) is 10.6. The zero-order chi connectivity index (χ0) is 19.8. The molecule has 2 aromatic carbocycles. The smallest absolute Gasteiger partial charge is 0.406 e. The van der Waals surface area contributed by atoms with E-state index in [0.29, 0.717) is 16.8 Å². The summed E-state index contributed by atoms with van der Waals surface area (Å²) in [5.41, 5.74) is 1.78. The summed E-state index contributed by atoms with van der Waals surface area (Å²) < 4.78 is 40.7. The lowest BCUT2D eigenvalue weighted by molar-refractivity contribution is -0.274. The molecule has 142 valence electrons. The van der Waals surface area contributed by atoms with E-state index in [0.717, 1.165) is 4.90 Å². The van der Waals surface area contributed by atoms with Crippen molar-refractivity contribution in [3.8, 4) is 5.75 Å². The maximum absolute atomic E-state index is 12.7. The normalized spacial score (nSPS) is 16.9. The predicted molar refractivity (Wildman–Crippen MR) is 96.1 cm³/mol. The van der Waals surface area contributed by atoms with E-state index in [1.807, 2.05) is 6.07 Å². The number of nitrogens with zero attached hydrogens (tertiary/aromatic N) is 1. The van der Waals surface area contributed by atoms with Crippen LogP contribution in [-0.4, -0.2) is 23.3 Å². The second-order valence-corrected chi connectivity index (χ2v) is 7.50. The standard InChI is InChI=1S/C19H16F3NO3S/c1-11(24)14-5-8-17-16(9-14)23(18(25)12(2)27-17)10-13-3-6-15(7-4-13)26-19(20,21)22/h3-9,12H,10H2,1-2H3. The van der Waals surface area contributed by atoms with Gasteiger partial charge in [-0.2, -0.15) is 0 Å². The van der Waals surface area contributed by atoms with E-state index in [4.69, 9.17) is 0 Å². The Bertz CT molecular complexity index is 881. The lowest BCUT2D eigenvalue weighted by atomic mass is 10.1. The molecule has 0 spiro atoms. The van der Waals surface area contributed by atoms with Crippen LogP contribution in [0.5, 0.6) is 5.75 Å². The molecule has 0 saturated heterocycles. The maximum Gasteiger partial charge on any atom is 0.573 e. The second-order valence-electron chi connectivity index (χ2n) is 6.11. The Morgan fingerprint density at radius 1 is 1.19 bits per heavy atom. The van der Waals surface area contributed by atoms with Crippen LogP contribution in [0.25, 0.3) is 0 Å². The number of halogens is 3. The number of hydrogen-bond donors (Lipinski definition) is 0. The molecule has 1 unspecified atom stereocenters. The fourth-order valence-electron chi connectivity index (χ4n) is 2.77. The summed E-state index contributed by atoms with van der Waals surface area (Å²) in [4.78, 5) is 26.8. The topological polar surface area (TPSA) is 46.6 Å². The number of amides is 1. The lowest BCUT2D eigenvalue weighted by Gasteiger charge is -2.32. The third kappa shape index (κ3) is 4.44. The summed E-state index contributed by atoms with van der Waals surface area (Å²) in [6.45, 7) is 3.43. The van der Waals surface area contributed by atoms with Gasteiger partial charge in [-0.3, -0.25) is 9.59 Å². The lowest BCUT2D eigenvalue weighted by Crippen LogP contribution is -2.39. The number of alkyl halides is 3. The SMILES string of the molecule is CC(=O)c1ccc2c(c1)N(Cc1ccc(OC(F)(F)F)cc1)C(=O)C(C)S2.